The lowest BCUT2D eigenvalue weighted by molar-refractivity contribution is -0.138. The number of fused-ring (bicyclic) bond motifs is 1. The molecular formula is C11H9F3N2O2. The maximum absolute atomic E-state index is 12.4. The fourth-order valence-corrected chi connectivity index (χ4v) is 1.60. The van der Waals surface area contributed by atoms with Gasteiger partial charge in [0.05, 0.1) is 12.0 Å². The number of carboxylic acids is 1. The van der Waals surface area contributed by atoms with Gasteiger partial charge < -0.3 is 10.1 Å². The van der Waals surface area contributed by atoms with Crippen molar-refractivity contribution in [2.45, 2.75) is 19.0 Å². The molecule has 2 rings (SSSR count). The molecule has 2 aromatic heterocycles. The van der Waals surface area contributed by atoms with Gasteiger partial charge in [0.1, 0.15) is 5.65 Å². The molecule has 0 saturated carbocycles. The summed E-state index contributed by atoms with van der Waals surface area (Å²) in [6.45, 7) is 0. The number of aryl methyl sites for hydroxylation is 1. The van der Waals surface area contributed by atoms with E-state index >= 15 is 0 Å². The molecule has 2 N–H and O–H groups in total. The van der Waals surface area contributed by atoms with Crippen LogP contribution in [0.15, 0.2) is 18.3 Å². The van der Waals surface area contributed by atoms with Gasteiger partial charge in [-0.2, -0.15) is 13.2 Å². The molecule has 2 aromatic rings. The van der Waals surface area contributed by atoms with Crippen LogP contribution >= 0.6 is 0 Å². The smallest absolute Gasteiger partial charge is 0.417 e. The zero-order valence-corrected chi connectivity index (χ0v) is 9.08. The summed E-state index contributed by atoms with van der Waals surface area (Å²) in [7, 11) is 0. The summed E-state index contributed by atoms with van der Waals surface area (Å²) < 4.78 is 37.3. The Balaban J connectivity index is 2.31. The molecule has 2 heterocycles. The first-order chi connectivity index (χ1) is 8.36. The highest BCUT2D eigenvalue weighted by Gasteiger charge is 2.31. The number of halogens is 3. The van der Waals surface area contributed by atoms with Crippen LogP contribution in [0.25, 0.3) is 11.0 Å². The maximum Gasteiger partial charge on any atom is 0.417 e. The number of hydrogen-bond acceptors (Lipinski definition) is 2. The van der Waals surface area contributed by atoms with E-state index in [0.29, 0.717) is 16.7 Å². The molecule has 0 aliphatic heterocycles. The van der Waals surface area contributed by atoms with Crippen molar-refractivity contribution in [2.75, 3.05) is 0 Å². The van der Waals surface area contributed by atoms with E-state index in [1.165, 1.54) is 6.07 Å². The molecule has 0 fully saturated rings. The first kappa shape index (κ1) is 12.4. The molecule has 7 heteroatoms. The highest BCUT2D eigenvalue weighted by molar-refractivity contribution is 5.77. The van der Waals surface area contributed by atoms with Crippen molar-refractivity contribution in [1.29, 1.82) is 0 Å². The molecule has 0 aliphatic rings. The minimum Gasteiger partial charge on any atom is -0.481 e. The van der Waals surface area contributed by atoms with E-state index in [0.717, 1.165) is 12.3 Å². The number of hydrogen-bond donors (Lipinski definition) is 2. The van der Waals surface area contributed by atoms with Crippen molar-refractivity contribution in [3.63, 3.8) is 0 Å². The summed E-state index contributed by atoms with van der Waals surface area (Å²) in [6, 6.07) is 2.48. The summed E-state index contributed by atoms with van der Waals surface area (Å²) in [4.78, 5) is 16.9. The Bertz CT molecular complexity index is 589. The molecule has 0 aliphatic carbocycles. The lowest BCUT2D eigenvalue weighted by atomic mass is 10.2. The SMILES string of the molecule is O=C(O)CCc1cc2cc(C(F)(F)F)cnc2[nH]1. The third-order valence-corrected chi connectivity index (χ3v) is 2.46. The molecule has 0 amide bonds. The van der Waals surface area contributed by atoms with Crippen LogP contribution < -0.4 is 0 Å². The minimum atomic E-state index is -4.43. The van der Waals surface area contributed by atoms with Crippen LogP contribution in [-0.4, -0.2) is 21.0 Å². The van der Waals surface area contributed by atoms with E-state index in [1.807, 2.05) is 0 Å². The molecule has 0 spiro atoms. The van der Waals surface area contributed by atoms with E-state index in [2.05, 4.69) is 9.97 Å². The number of alkyl halides is 3. The molecule has 0 radical (unpaired) electrons. The van der Waals surface area contributed by atoms with Gasteiger partial charge in [-0.15, -0.1) is 0 Å². The van der Waals surface area contributed by atoms with Gasteiger partial charge in [0.25, 0.3) is 0 Å². The number of H-pyrrole nitrogens is 1. The van der Waals surface area contributed by atoms with Crippen molar-refractivity contribution in [3.05, 3.63) is 29.6 Å². The second-order valence-electron chi connectivity index (χ2n) is 3.85. The Morgan fingerprint density at radius 2 is 2.11 bits per heavy atom. The van der Waals surface area contributed by atoms with E-state index in [9.17, 15) is 18.0 Å². The van der Waals surface area contributed by atoms with Gasteiger partial charge >= 0.3 is 12.1 Å². The summed E-state index contributed by atoms with van der Waals surface area (Å²) in [6.07, 6.45) is -3.54. The van der Waals surface area contributed by atoms with Crippen LogP contribution in [0.1, 0.15) is 17.7 Å². The first-order valence-corrected chi connectivity index (χ1v) is 5.13. The van der Waals surface area contributed by atoms with Gasteiger partial charge in [-0.1, -0.05) is 0 Å². The number of aliphatic carboxylic acids is 1. The Hall–Kier alpha value is -2.05. The molecule has 0 unspecified atom stereocenters. The number of aromatic amines is 1. The summed E-state index contributed by atoms with van der Waals surface area (Å²) in [5.74, 6) is -0.961. The Morgan fingerprint density at radius 1 is 1.39 bits per heavy atom. The quantitative estimate of drug-likeness (QED) is 0.889. The second kappa shape index (κ2) is 4.32. The third kappa shape index (κ3) is 2.61. The second-order valence-corrected chi connectivity index (χ2v) is 3.85. The molecule has 0 saturated heterocycles. The van der Waals surface area contributed by atoms with Crippen LogP contribution in [0, 0.1) is 0 Å². The predicted molar refractivity (Wildman–Crippen MR) is 57.1 cm³/mol. The normalized spacial score (nSPS) is 11.9. The number of carbonyl (C=O) groups is 1. The van der Waals surface area contributed by atoms with Crippen LogP contribution in [0.3, 0.4) is 0 Å². The lowest BCUT2D eigenvalue weighted by Gasteiger charge is -2.04. The molecule has 4 nitrogen and oxygen atoms in total. The molecule has 96 valence electrons. The van der Waals surface area contributed by atoms with Gasteiger partial charge in [0.15, 0.2) is 0 Å². The molecular weight excluding hydrogens is 249 g/mol. The number of aromatic nitrogens is 2. The van der Waals surface area contributed by atoms with Crippen LogP contribution in [0.4, 0.5) is 13.2 Å². The number of nitrogens with zero attached hydrogens (tertiary/aromatic N) is 1. The largest absolute Gasteiger partial charge is 0.481 e. The number of pyridine rings is 1. The van der Waals surface area contributed by atoms with Gasteiger partial charge in [-0.3, -0.25) is 4.79 Å². The van der Waals surface area contributed by atoms with Crippen molar-refractivity contribution in [2.24, 2.45) is 0 Å². The molecule has 0 atom stereocenters. The lowest BCUT2D eigenvalue weighted by Crippen LogP contribution is -2.04. The fourth-order valence-electron chi connectivity index (χ4n) is 1.60. The van der Waals surface area contributed by atoms with Gasteiger partial charge in [0.2, 0.25) is 0 Å². The average molecular weight is 258 g/mol. The van der Waals surface area contributed by atoms with E-state index in [1.54, 1.807) is 0 Å². The number of nitrogens with one attached hydrogen (secondary N) is 1. The molecule has 0 aromatic carbocycles. The van der Waals surface area contributed by atoms with Crippen molar-refractivity contribution >= 4 is 17.0 Å². The number of rotatable bonds is 3. The molecule has 18 heavy (non-hydrogen) atoms. The third-order valence-electron chi connectivity index (χ3n) is 2.46. The van der Waals surface area contributed by atoms with Crippen molar-refractivity contribution < 1.29 is 23.1 Å². The molecule has 0 bridgehead atoms. The highest BCUT2D eigenvalue weighted by atomic mass is 19.4. The Kier molecular flexibility index (Phi) is 2.98. The van der Waals surface area contributed by atoms with Gasteiger partial charge in [0, 0.05) is 17.3 Å². The maximum atomic E-state index is 12.4. The van der Waals surface area contributed by atoms with E-state index < -0.39 is 17.7 Å². The van der Waals surface area contributed by atoms with Gasteiger partial charge in [-0.25, -0.2) is 4.98 Å². The predicted octanol–water partition coefficient (Wildman–Crippen LogP) is 2.60. The van der Waals surface area contributed by atoms with Crippen LogP contribution in [0.2, 0.25) is 0 Å². The summed E-state index contributed by atoms with van der Waals surface area (Å²) in [5, 5.41) is 8.85. The summed E-state index contributed by atoms with van der Waals surface area (Å²) in [5.41, 5.74) is 0.0568. The zero-order chi connectivity index (χ0) is 13.3. The van der Waals surface area contributed by atoms with Crippen molar-refractivity contribution in [3.8, 4) is 0 Å². The monoisotopic (exact) mass is 258 g/mol. The van der Waals surface area contributed by atoms with Crippen LogP contribution in [-0.2, 0) is 17.4 Å². The van der Waals surface area contributed by atoms with E-state index in [4.69, 9.17) is 5.11 Å². The van der Waals surface area contributed by atoms with Crippen LogP contribution in [0.5, 0.6) is 0 Å². The number of carboxylic acid groups (broad SMARTS) is 1. The Morgan fingerprint density at radius 3 is 2.72 bits per heavy atom. The minimum absolute atomic E-state index is 0.0844. The highest BCUT2D eigenvalue weighted by Crippen LogP contribution is 2.30. The average Bonchev–Trinajstić information content (AvgIpc) is 2.66. The Labute approximate surface area is 99.5 Å². The first-order valence-electron chi connectivity index (χ1n) is 5.13. The van der Waals surface area contributed by atoms with Gasteiger partial charge in [-0.05, 0) is 18.6 Å². The zero-order valence-electron chi connectivity index (χ0n) is 9.08. The fraction of sp³-hybridized carbons (Fsp3) is 0.273. The van der Waals surface area contributed by atoms with Crippen molar-refractivity contribution in [1.82, 2.24) is 9.97 Å². The summed E-state index contributed by atoms with van der Waals surface area (Å²) >= 11 is 0. The topological polar surface area (TPSA) is 66.0 Å². The standard InChI is InChI=1S/C11H9F3N2O2/c12-11(13,14)7-3-6-4-8(1-2-9(17)18)16-10(6)15-5-7/h3-5H,1-2H2,(H,15,16)(H,17,18). The van der Waals surface area contributed by atoms with E-state index in [-0.39, 0.29) is 12.8 Å².